The lowest BCUT2D eigenvalue weighted by molar-refractivity contribution is 0.0778. The zero-order valence-corrected chi connectivity index (χ0v) is 19.3. The summed E-state index contributed by atoms with van der Waals surface area (Å²) in [5.74, 6) is 2.63. The van der Waals surface area contributed by atoms with E-state index in [0.29, 0.717) is 6.54 Å². The van der Waals surface area contributed by atoms with Crippen LogP contribution in [0.25, 0.3) is 0 Å². The third-order valence-electron chi connectivity index (χ3n) is 4.84. The van der Waals surface area contributed by atoms with Crippen LogP contribution in [-0.2, 0) is 5.41 Å². The molecule has 0 aromatic heterocycles. The highest BCUT2D eigenvalue weighted by Crippen LogP contribution is 2.48. The van der Waals surface area contributed by atoms with Crippen molar-refractivity contribution in [1.29, 1.82) is 0 Å². The largest absolute Gasteiger partial charge is 0.387 e. The molecule has 0 spiro atoms. The Bertz CT molecular complexity index is 604. The van der Waals surface area contributed by atoms with Gasteiger partial charge < -0.3 is 15.7 Å². The van der Waals surface area contributed by atoms with Gasteiger partial charge in [-0.3, -0.25) is 4.99 Å². The summed E-state index contributed by atoms with van der Waals surface area (Å²) < 4.78 is 1.13. The molecule has 1 saturated carbocycles. The molecule has 2 fully saturated rings. The predicted molar refractivity (Wildman–Crippen MR) is 121 cm³/mol. The molecule has 25 heavy (non-hydrogen) atoms. The van der Waals surface area contributed by atoms with Gasteiger partial charge in [-0.2, -0.15) is 11.8 Å². The number of benzene rings is 1. The molecule has 1 heterocycles. The van der Waals surface area contributed by atoms with Crippen LogP contribution < -0.4 is 10.6 Å². The maximum atomic E-state index is 10.5. The maximum absolute atomic E-state index is 10.5. The van der Waals surface area contributed by atoms with E-state index in [4.69, 9.17) is 0 Å². The number of aliphatic imine (C=N–C) groups is 1. The van der Waals surface area contributed by atoms with E-state index in [1.807, 2.05) is 11.8 Å². The Morgan fingerprint density at radius 3 is 2.72 bits per heavy atom. The minimum Gasteiger partial charge on any atom is -0.387 e. The van der Waals surface area contributed by atoms with E-state index < -0.39 is 5.60 Å². The molecule has 1 aromatic carbocycles. The van der Waals surface area contributed by atoms with Gasteiger partial charge in [0, 0.05) is 28.7 Å². The lowest BCUT2D eigenvalue weighted by Gasteiger charge is -2.22. The minimum absolute atomic E-state index is 0. The van der Waals surface area contributed by atoms with Crippen molar-refractivity contribution in [2.24, 2.45) is 4.99 Å². The molecule has 1 atom stereocenters. The predicted octanol–water partition coefficient (Wildman–Crippen LogP) is 3.52. The van der Waals surface area contributed by atoms with Gasteiger partial charge in [0.1, 0.15) is 0 Å². The number of rotatable bonds is 6. The number of nitrogens with one attached hydrogen (secondary N) is 2. The summed E-state index contributed by atoms with van der Waals surface area (Å²) >= 11 is 5.38. The second-order valence-electron chi connectivity index (χ2n) is 6.87. The SMILES string of the molecule is CCNC(=NCC1(O)CCSC1)NCC1(c2cccc(Br)c2)CC1.I. The van der Waals surface area contributed by atoms with Gasteiger partial charge in [0.15, 0.2) is 5.96 Å². The molecule has 1 unspecified atom stereocenters. The van der Waals surface area contributed by atoms with E-state index >= 15 is 0 Å². The smallest absolute Gasteiger partial charge is 0.191 e. The van der Waals surface area contributed by atoms with Crippen LogP contribution in [0.15, 0.2) is 33.7 Å². The monoisotopic (exact) mass is 539 g/mol. The summed E-state index contributed by atoms with van der Waals surface area (Å²) in [5, 5.41) is 17.3. The first-order valence-corrected chi connectivity index (χ1v) is 10.6. The van der Waals surface area contributed by atoms with E-state index in [9.17, 15) is 5.11 Å². The Morgan fingerprint density at radius 2 is 2.12 bits per heavy atom. The first-order chi connectivity index (χ1) is 11.6. The number of aliphatic hydroxyl groups is 1. The van der Waals surface area contributed by atoms with Crippen LogP contribution in [0.5, 0.6) is 0 Å². The van der Waals surface area contributed by atoms with Crippen molar-refractivity contribution in [2.75, 3.05) is 31.1 Å². The highest BCUT2D eigenvalue weighted by molar-refractivity contribution is 14.0. The summed E-state index contributed by atoms with van der Waals surface area (Å²) in [6.45, 7) is 4.24. The highest BCUT2D eigenvalue weighted by atomic mass is 127. The van der Waals surface area contributed by atoms with Crippen molar-refractivity contribution in [3.8, 4) is 0 Å². The highest BCUT2D eigenvalue weighted by Gasteiger charge is 2.44. The van der Waals surface area contributed by atoms with Crippen molar-refractivity contribution in [2.45, 2.75) is 37.2 Å². The van der Waals surface area contributed by atoms with E-state index in [-0.39, 0.29) is 29.4 Å². The normalized spacial score (nSPS) is 24.5. The zero-order chi connectivity index (χ0) is 17.0. The average molecular weight is 540 g/mol. The maximum Gasteiger partial charge on any atom is 0.191 e. The molecule has 4 nitrogen and oxygen atoms in total. The molecule has 3 rings (SSSR count). The first kappa shape index (κ1) is 21.3. The third kappa shape index (κ3) is 5.74. The molecule has 1 aromatic rings. The van der Waals surface area contributed by atoms with Crippen molar-refractivity contribution < 1.29 is 5.11 Å². The molecule has 1 aliphatic heterocycles. The molecule has 140 valence electrons. The van der Waals surface area contributed by atoms with Gasteiger partial charge in [-0.25, -0.2) is 0 Å². The van der Waals surface area contributed by atoms with Gasteiger partial charge in [0.05, 0.1) is 12.1 Å². The number of hydrogen-bond acceptors (Lipinski definition) is 3. The van der Waals surface area contributed by atoms with Crippen LogP contribution in [-0.4, -0.2) is 47.8 Å². The molecule has 3 N–H and O–H groups in total. The van der Waals surface area contributed by atoms with E-state index in [1.165, 1.54) is 18.4 Å². The molecule has 7 heteroatoms. The van der Waals surface area contributed by atoms with Crippen LogP contribution in [0.1, 0.15) is 31.7 Å². The van der Waals surface area contributed by atoms with Gasteiger partial charge in [-0.1, -0.05) is 28.1 Å². The van der Waals surface area contributed by atoms with Gasteiger partial charge in [0.2, 0.25) is 0 Å². The summed E-state index contributed by atoms with van der Waals surface area (Å²) in [6.07, 6.45) is 3.25. The summed E-state index contributed by atoms with van der Waals surface area (Å²) in [5.41, 5.74) is 0.973. The summed E-state index contributed by atoms with van der Waals surface area (Å²) in [6, 6.07) is 8.60. The van der Waals surface area contributed by atoms with Gasteiger partial charge in [-0.05, 0) is 49.6 Å². The Balaban J connectivity index is 0.00000225. The fourth-order valence-corrected chi connectivity index (χ4v) is 4.76. The number of halogens is 2. The molecule has 0 radical (unpaired) electrons. The van der Waals surface area contributed by atoms with E-state index in [1.54, 1.807) is 0 Å². The van der Waals surface area contributed by atoms with Crippen LogP contribution in [0.3, 0.4) is 0 Å². The molecule has 1 saturated heterocycles. The third-order valence-corrected chi connectivity index (χ3v) is 6.57. The standard InChI is InChI=1S/C18H26BrN3OS.HI/c1-2-20-16(22-12-18(23)8-9-24-13-18)21-11-17(6-7-17)14-4-3-5-15(19)10-14;/h3-5,10,23H,2,6-9,11-13H2,1H3,(H2,20,21,22);1H. The van der Waals surface area contributed by atoms with Crippen molar-refractivity contribution in [1.82, 2.24) is 10.6 Å². The second kappa shape index (κ2) is 9.28. The fraction of sp³-hybridized carbons (Fsp3) is 0.611. The van der Waals surface area contributed by atoms with E-state index in [0.717, 1.165) is 41.4 Å². The van der Waals surface area contributed by atoms with Crippen molar-refractivity contribution in [3.63, 3.8) is 0 Å². The number of guanidine groups is 1. The minimum atomic E-state index is -0.630. The lowest BCUT2D eigenvalue weighted by atomic mass is 9.96. The van der Waals surface area contributed by atoms with Gasteiger partial charge in [0.25, 0.3) is 0 Å². The Labute approximate surface area is 180 Å². The van der Waals surface area contributed by atoms with Crippen LogP contribution in [0.4, 0.5) is 0 Å². The van der Waals surface area contributed by atoms with Crippen LogP contribution >= 0.6 is 51.7 Å². The Kier molecular flexibility index (Phi) is 7.91. The van der Waals surface area contributed by atoms with Gasteiger partial charge >= 0.3 is 0 Å². The number of hydrogen-bond donors (Lipinski definition) is 3. The van der Waals surface area contributed by atoms with Crippen LogP contribution in [0, 0.1) is 0 Å². The molecular weight excluding hydrogens is 513 g/mol. The Morgan fingerprint density at radius 1 is 1.32 bits per heavy atom. The van der Waals surface area contributed by atoms with Crippen molar-refractivity contribution >= 4 is 57.6 Å². The summed E-state index contributed by atoms with van der Waals surface area (Å²) in [7, 11) is 0. The van der Waals surface area contributed by atoms with Crippen LogP contribution in [0.2, 0.25) is 0 Å². The topological polar surface area (TPSA) is 56.7 Å². The molecule has 2 aliphatic rings. The fourth-order valence-electron chi connectivity index (χ4n) is 3.08. The molecule has 1 aliphatic carbocycles. The first-order valence-electron chi connectivity index (χ1n) is 8.64. The average Bonchev–Trinajstić information content (AvgIpc) is 3.25. The van der Waals surface area contributed by atoms with E-state index in [2.05, 4.69) is 62.7 Å². The quantitative estimate of drug-likeness (QED) is 0.294. The number of thioether (sulfide) groups is 1. The molecule has 0 bridgehead atoms. The van der Waals surface area contributed by atoms with Gasteiger partial charge in [-0.15, -0.1) is 24.0 Å². The number of nitrogens with zero attached hydrogens (tertiary/aromatic N) is 1. The zero-order valence-electron chi connectivity index (χ0n) is 14.6. The summed E-state index contributed by atoms with van der Waals surface area (Å²) in [4.78, 5) is 4.63. The molecular formula is C18H27BrIN3OS. The second-order valence-corrected chi connectivity index (χ2v) is 8.89. The lowest BCUT2D eigenvalue weighted by Crippen LogP contribution is -2.43. The Hall–Kier alpha value is 0.01000. The molecule has 0 amide bonds. The van der Waals surface area contributed by atoms with Crippen molar-refractivity contribution in [3.05, 3.63) is 34.3 Å².